The number of rotatable bonds is 4. The maximum absolute atomic E-state index is 4.37. The van der Waals surface area contributed by atoms with E-state index in [1.807, 2.05) is 12.4 Å². The van der Waals surface area contributed by atoms with Crippen molar-refractivity contribution >= 4 is 21.9 Å². The van der Waals surface area contributed by atoms with Crippen molar-refractivity contribution in [2.75, 3.05) is 11.9 Å². The van der Waals surface area contributed by atoms with E-state index in [4.69, 9.17) is 0 Å². The number of halogens is 1. The summed E-state index contributed by atoms with van der Waals surface area (Å²) in [6.45, 7) is 7.38. The van der Waals surface area contributed by atoms with E-state index >= 15 is 0 Å². The fraction of sp³-hybridized carbons (Fsp3) is 0.357. The van der Waals surface area contributed by atoms with Crippen molar-refractivity contribution in [1.29, 1.82) is 0 Å². The Morgan fingerprint density at radius 1 is 1.39 bits per heavy atom. The minimum Gasteiger partial charge on any atom is -0.355 e. The molecule has 0 fully saturated rings. The summed E-state index contributed by atoms with van der Waals surface area (Å²) in [5, 5.41) is 3.37. The maximum atomic E-state index is 4.37. The normalized spacial score (nSPS) is 10.9. The molecule has 0 spiro atoms. The Balaban J connectivity index is 2.33. The van der Waals surface area contributed by atoms with Crippen LogP contribution in [0.5, 0.6) is 0 Å². The monoisotopic (exact) mass is 307 g/mol. The van der Waals surface area contributed by atoms with Crippen molar-refractivity contribution in [3.63, 3.8) is 0 Å². The van der Waals surface area contributed by atoms with Gasteiger partial charge in [0.1, 0.15) is 0 Å². The van der Waals surface area contributed by atoms with Crippen LogP contribution in [-0.2, 0) is 0 Å². The van der Waals surface area contributed by atoms with Crippen molar-refractivity contribution in [3.8, 4) is 5.69 Å². The number of anilines is 1. The molecule has 0 saturated carbocycles. The number of hydrogen-bond acceptors (Lipinski definition) is 2. The largest absolute Gasteiger partial charge is 0.355 e. The summed E-state index contributed by atoms with van der Waals surface area (Å²) in [5.74, 6) is 1.48. The highest BCUT2D eigenvalue weighted by Gasteiger charge is 2.08. The van der Waals surface area contributed by atoms with Gasteiger partial charge in [0.2, 0.25) is 5.95 Å². The molecule has 0 amide bonds. The van der Waals surface area contributed by atoms with Gasteiger partial charge in [-0.3, -0.25) is 4.57 Å². The lowest BCUT2D eigenvalue weighted by atomic mass is 10.2. The summed E-state index contributed by atoms with van der Waals surface area (Å²) in [7, 11) is 0. The first-order chi connectivity index (χ1) is 8.58. The molecule has 0 radical (unpaired) electrons. The average molecular weight is 308 g/mol. The lowest BCUT2D eigenvalue weighted by Crippen LogP contribution is -2.12. The van der Waals surface area contributed by atoms with E-state index in [1.54, 1.807) is 0 Å². The fourth-order valence-corrected chi connectivity index (χ4v) is 2.17. The highest BCUT2D eigenvalue weighted by atomic mass is 79.9. The Bertz CT molecular complexity index is 532. The zero-order valence-corrected chi connectivity index (χ0v) is 12.5. The molecule has 96 valence electrons. The SMILES string of the molecule is Cc1ccc(Br)c(-n2ccnc2NCC(C)C)c1. The standard InChI is InChI=1S/C14H18BrN3/c1-10(2)9-17-14-16-6-7-18(14)13-8-11(3)4-5-12(13)15/h4-8,10H,9H2,1-3H3,(H,16,17). The van der Waals surface area contributed by atoms with Gasteiger partial charge in [0.25, 0.3) is 0 Å². The molecule has 4 heteroatoms. The zero-order chi connectivity index (χ0) is 13.1. The second-order valence-electron chi connectivity index (χ2n) is 4.85. The second-order valence-corrected chi connectivity index (χ2v) is 5.70. The molecule has 0 bridgehead atoms. The Morgan fingerprint density at radius 3 is 2.89 bits per heavy atom. The van der Waals surface area contributed by atoms with Crippen molar-refractivity contribution in [2.24, 2.45) is 5.92 Å². The number of nitrogens with zero attached hydrogens (tertiary/aromatic N) is 2. The molecule has 0 unspecified atom stereocenters. The van der Waals surface area contributed by atoms with E-state index < -0.39 is 0 Å². The second kappa shape index (κ2) is 5.57. The van der Waals surface area contributed by atoms with E-state index in [1.165, 1.54) is 5.56 Å². The summed E-state index contributed by atoms with van der Waals surface area (Å²) in [6, 6.07) is 6.30. The van der Waals surface area contributed by atoms with Crippen LogP contribution in [-0.4, -0.2) is 16.1 Å². The lowest BCUT2D eigenvalue weighted by molar-refractivity contribution is 0.683. The van der Waals surface area contributed by atoms with Crippen LogP contribution < -0.4 is 5.32 Å². The molecule has 1 aromatic carbocycles. The Kier molecular flexibility index (Phi) is 4.07. The number of imidazole rings is 1. The van der Waals surface area contributed by atoms with Gasteiger partial charge in [-0.15, -0.1) is 0 Å². The van der Waals surface area contributed by atoms with E-state index in [0.717, 1.165) is 22.7 Å². The summed E-state index contributed by atoms with van der Waals surface area (Å²) in [5.41, 5.74) is 2.34. The summed E-state index contributed by atoms with van der Waals surface area (Å²) in [6.07, 6.45) is 3.79. The maximum Gasteiger partial charge on any atom is 0.207 e. The molecule has 0 atom stereocenters. The lowest BCUT2D eigenvalue weighted by Gasteiger charge is -2.13. The van der Waals surface area contributed by atoms with Crippen LogP contribution in [0.2, 0.25) is 0 Å². The molecule has 1 heterocycles. The molecular formula is C14H18BrN3. The van der Waals surface area contributed by atoms with Gasteiger partial charge in [-0.1, -0.05) is 19.9 Å². The molecule has 18 heavy (non-hydrogen) atoms. The minimum atomic E-state index is 0.594. The Hall–Kier alpha value is -1.29. The molecule has 0 aliphatic rings. The molecule has 0 saturated heterocycles. The van der Waals surface area contributed by atoms with Crippen LogP contribution in [0.1, 0.15) is 19.4 Å². The van der Waals surface area contributed by atoms with Gasteiger partial charge in [0.15, 0.2) is 0 Å². The van der Waals surface area contributed by atoms with Gasteiger partial charge in [-0.2, -0.15) is 0 Å². The van der Waals surface area contributed by atoms with E-state index in [9.17, 15) is 0 Å². The predicted molar refractivity (Wildman–Crippen MR) is 79.3 cm³/mol. The number of nitrogens with one attached hydrogen (secondary N) is 1. The highest BCUT2D eigenvalue weighted by molar-refractivity contribution is 9.10. The number of aromatic nitrogens is 2. The van der Waals surface area contributed by atoms with Gasteiger partial charge in [0.05, 0.1) is 5.69 Å². The van der Waals surface area contributed by atoms with Crippen LogP contribution in [0, 0.1) is 12.8 Å². The quantitative estimate of drug-likeness (QED) is 0.925. The van der Waals surface area contributed by atoms with Gasteiger partial charge >= 0.3 is 0 Å². The van der Waals surface area contributed by atoms with Crippen LogP contribution >= 0.6 is 15.9 Å². The third kappa shape index (κ3) is 2.93. The molecule has 3 nitrogen and oxygen atoms in total. The fourth-order valence-electron chi connectivity index (χ4n) is 1.73. The predicted octanol–water partition coefficient (Wildman–Crippen LogP) is 4.01. The van der Waals surface area contributed by atoms with Crippen molar-refractivity contribution < 1.29 is 0 Å². The first-order valence-electron chi connectivity index (χ1n) is 6.11. The Labute approximate surface area is 116 Å². The van der Waals surface area contributed by atoms with Crippen LogP contribution in [0.4, 0.5) is 5.95 Å². The van der Waals surface area contributed by atoms with Crippen LogP contribution in [0.3, 0.4) is 0 Å². The molecule has 0 aliphatic carbocycles. The van der Waals surface area contributed by atoms with E-state index in [0.29, 0.717) is 5.92 Å². The van der Waals surface area contributed by atoms with Crippen molar-refractivity contribution in [3.05, 3.63) is 40.6 Å². The summed E-state index contributed by atoms with van der Waals surface area (Å²) >= 11 is 3.59. The van der Waals surface area contributed by atoms with Gasteiger partial charge in [-0.25, -0.2) is 4.98 Å². The van der Waals surface area contributed by atoms with Crippen molar-refractivity contribution in [2.45, 2.75) is 20.8 Å². The molecule has 1 aromatic heterocycles. The average Bonchev–Trinajstić information content (AvgIpc) is 2.77. The van der Waals surface area contributed by atoms with Crippen molar-refractivity contribution in [1.82, 2.24) is 9.55 Å². The van der Waals surface area contributed by atoms with Crippen LogP contribution in [0.25, 0.3) is 5.69 Å². The van der Waals surface area contributed by atoms with E-state index in [2.05, 4.69) is 69.8 Å². The highest BCUT2D eigenvalue weighted by Crippen LogP contribution is 2.25. The van der Waals surface area contributed by atoms with E-state index in [-0.39, 0.29) is 0 Å². The zero-order valence-electron chi connectivity index (χ0n) is 10.9. The number of benzene rings is 1. The molecule has 1 N–H and O–H groups in total. The Morgan fingerprint density at radius 2 is 2.17 bits per heavy atom. The molecule has 2 rings (SSSR count). The molecular weight excluding hydrogens is 290 g/mol. The van der Waals surface area contributed by atoms with Gasteiger partial charge in [0, 0.05) is 23.4 Å². The van der Waals surface area contributed by atoms with Gasteiger partial charge < -0.3 is 5.32 Å². The summed E-state index contributed by atoms with van der Waals surface area (Å²) in [4.78, 5) is 4.37. The smallest absolute Gasteiger partial charge is 0.207 e. The topological polar surface area (TPSA) is 29.9 Å². The van der Waals surface area contributed by atoms with Gasteiger partial charge in [-0.05, 0) is 46.5 Å². The number of hydrogen-bond donors (Lipinski definition) is 1. The summed E-state index contributed by atoms with van der Waals surface area (Å²) < 4.78 is 3.14. The third-order valence-corrected chi connectivity index (χ3v) is 3.34. The number of aryl methyl sites for hydroxylation is 1. The molecule has 0 aliphatic heterocycles. The van der Waals surface area contributed by atoms with Crippen LogP contribution in [0.15, 0.2) is 35.1 Å². The third-order valence-electron chi connectivity index (χ3n) is 2.67. The first kappa shape index (κ1) is 13.1. The minimum absolute atomic E-state index is 0.594. The molecule has 2 aromatic rings. The first-order valence-corrected chi connectivity index (χ1v) is 6.91.